The molecule has 2 aliphatic heterocycles. The quantitative estimate of drug-likeness (QED) is 0.783. The van der Waals surface area contributed by atoms with Crippen LogP contribution in [0.3, 0.4) is 0 Å². The normalized spacial score (nSPS) is 23.5. The number of carbonyl (C=O) groups excluding carboxylic acids is 1. The molecule has 0 radical (unpaired) electrons. The third-order valence-corrected chi connectivity index (χ3v) is 7.16. The second-order valence-corrected chi connectivity index (χ2v) is 10.3. The first kappa shape index (κ1) is 19.4. The molecule has 0 N–H and O–H groups in total. The fourth-order valence-corrected chi connectivity index (χ4v) is 5.71. The van der Waals surface area contributed by atoms with Gasteiger partial charge < -0.3 is 4.90 Å². The fourth-order valence-electron chi connectivity index (χ4n) is 3.95. The third kappa shape index (κ3) is 5.07. The lowest BCUT2D eigenvalue weighted by molar-refractivity contribution is -0.132. The lowest BCUT2D eigenvalue weighted by Gasteiger charge is -2.37. The van der Waals surface area contributed by atoms with Crippen LogP contribution in [0.25, 0.3) is 0 Å². The molecule has 0 spiro atoms. The SMILES string of the molecule is CC(C)Cc1ccc(CC(=O)N2CCN(C3CCS(=O)(=O)C3)CC2)cc1. The summed E-state index contributed by atoms with van der Waals surface area (Å²) in [7, 11) is -2.85. The van der Waals surface area contributed by atoms with Crippen molar-refractivity contribution in [2.75, 3.05) is 37.7 Å². The summed E-state index contributed by atoms with van der Waals surface area (Å²) >= 11 is 0. The Kier molecular flexibility index (Phi) is 6.03. The molecule has 2 fully saturated rings. The van der Waals surface area contributed by atoms with E-state index in [1.807, 2.05) is 4.90 Å². The number of nitrogens with zero attached hydrogens (tertiary/aromatic N) is 2. The molecule has 0 aromatic heterocycles. The van der Waals surface area contributed by atoms with Crippen LogP contribution >= 0.6 is 0 Å². The summed E-state index contributed by atoms with van der Waals surface area (Å²) in [5, 5.41) is 0. The van der Waals surface area contributed by atoms with Crippen LogP contribution in [0.5, 0.6) is 0 Å². The average Bonchev–Trinajstić information content (AvgIpc) is 2.96. The van der Waals surface area contributed by atoms with Gasteiger partial charge in [0.05, 0.1) is 17.9 Å². The van der Waals surface area contributed by atoms with Gasteiger partial charge in [0.15, 0.2) is 9.84 Å². The van der Waals surface area contributed by atoms with Crippen LogP contribution in [0, 0.1) is 5.92 Å². The summed E-state index contributed by atoms with van der Waals surface area (Å²) in [5.41, 5.74) is 2.38. The van der Waals surface area contributed by atoms with E-state index in [1.165, 1.54) is 5.56 Å². The van der Waals surface area contributed by atoms with Gasteiger partial charge >= 0.3 is 0 Å². The maximum atomic E-state index is 12.6. The minimum absolute atomic E-state index is 0.144. The lowest BCUT2D eigenvalue weighted by atomic mass is 10.0. The molecular formula is C20H30N2O3S. The first-order valence-corrected chi connectivity index (χ1v) is 11.4. The molecule has 144 valence electrons. The minimum atomic E-state index is -2.85. The zero-order chi connectivity index (χ0) is 18.7. The van der Waals surface area contributed by atoms with Gasteiger partial charge in [0.1, 0.15) is 0 Å². The van der Waals surface area contributed by atoms with Gasteiger partial charge in [0, 0.05) is 32.2 Å². The van der Waals surface area contributed by atoms with Crippen molar-refractivity contribution in [1.82, 2.24) is 9.80 Å². The first-order chi connectivity index (χ1) is 12.3. The number of carbonyl (C=O) groups is 1. The highest BCUT2D eigenvalue weighted by atomic mass is 32.2. The number of piperazine rings is 1. The number of sulfone groups is 1. The highest BCUT2D eigenvalue weighted by Crippen LogP contribution is 2.19. The van der Waals surface area contributed by atoms with Crippen LogP contribution in [-0.4, -0.2) is 67.9 Å². The molecule has 3 rings (SSSR count). The molecule has 2 aliphatic rings. The van der Waals surface area contributed by atoms with E-state index in [-0.39, 0.29) is 17.7 Å². The molecule has 1 atom stereocenters. The van der Waals surface area contributed by atoms with Crippen LogP contribution in [-0.2, 0) is 27.5 Å². The van der Waals surface area contributed by atoms with Gasteiger partial charge in [-0.25, -0.2) is 8.42 Å². The monoisotopic (exact) mass is 378 g/mol. The molecule has 0 bridgehead atoms. The van der Waals surface area contributed by atoms with E-state index in [9.17, 15) is 13.2 Å². The second kappa shape index (κ2) is 8.09. The maximum Gasteiger partial charge on any atom is 0.227 e. The number of rotatable bonds is 5. The number of amides is 1. The van der Waals surface area contributed by atoms with Gasteiger partial charge in [0.25, 0.3) is 0 Å². The van der Waals surface area contributed by atoms with Gasteiger partial charge in [-0.15, -0.1) is 0 Å². The number of hydrogen-bond donors (Lipinski definition) is 0. The van der Waals surface area contributed by atoms with Gasteiger partial charge in [-0.2, -0.15) is 0 Å². The molecule has 1 amide bonds. The molecular weight excluding hydrogens is 348 g/mol. The van der Waals surface area contributed by atoms with Crippen LogP contribution in [0.4, 0.5) is 0 Å². The van der Waals surface area contributed by atoms with Crippen molar-refractivity contribution in [3.63, 3.8) is 0 Å². The van der Waals surface area contributed by atoms with Crippen molar-refractivity contribution >= 4 is 15.7 Å². The smallest absolute Gasteiger partial charge is 0.227 e. The highest BCUT2D eigenvalue weighted by Gasteiger charge is 2.34. The first-order valence-electron chi connectivity index (χ1n) is 9.62. The topological polar surface area (TPSA) is 57.7 Å². The Morgan fingerprint density at radius 3 is 2.23 bits per heavy atom. The predicted molar refractivity (Wildman–Crippen MR) is 104 cm³/mol. The Morgan fingerprint density at radius 1 is 1.08 bits per heavy atom. The average molecular weight is 379 g/mol. The van der Waals surface area contributed by atoms with Crippen LogP contribution in [0.2, 0.25) is 0 Å². The van der Waals surface area contributed by atoms with Crippen molar-refractivity contribution in [2.45, 2.75) is 39.2 Å². The number of hydrogen-bond acceptors (Lipinski definition) is 4. The minimum Gasteiger partial charge on any atom is -0.340 e. The Bertz CT molecular complexity index is 720. The standard InChI is InChI=1S/C20H30N2O3S/c1-16(2)13-17-3-5-18(6-4-17)14-20(23)22-10-8-21(9-11-22)19-7-12-26(24,25)15-19/h3-6,16,19H,7-15H2,1-2H3. The van der Waals surface area contributed by atoms with E-state index < -0.39 is 9.84 Å². The molecule has 1 aromatic rings. The van der Waals surface area contributed by atoms with E-state index >= 15 is 0 Å². The maximum absolute atomic E-state index is 12.6. The molecule has 0 saturated carbocycles. The molecule has 2 saturated heterocycles. The largest absolute Gasteiger partial charge is 0.340 e. The van der Waals surface area contributed by atoms with Gasteiger partial charge in [-0.1, -0.05) is 38.1 Å². The summed E-state index contributed by atoms with van der Waals surface area (Å²) in [6.45, 7) is 7.36. The van der Waals surface area contributed by atoms with Gasteiger partial charge in [-0.05, 0) is 29.9 Å². The Balaban J connectivity index is 1.48. The molecule has 0 aliphatic carbocycles. The zero-order valence-electron chi connectivity index (χ0n) is 15.9. The van der Waals surface area contributed by atoms with Crippen molar-refractivity contribution in [3.05, 3.63) is 35.4 Å². The molecule has 1 aromatic carbocycles. The van der Waals surface area contributed by atoms with Gasteiger partial charge in [-0.3, -0.25) is 9.69 Å². The van der Waals surface area contributed by atoms with E-state index in [0.29, 0.717) is 31.2 Å². The summed E-state index contributed by atoms with van der Waals surface area (Å²) in [6.07, 6.45) is 2.24. The fraction of sp³-hybridized carbons (Fsp3) is 0.650. The van der Waals surface area contributed by atoms with Crippen LogP contribution < -0.4 is 0 Å². The Labute approximate surface area is 157 Å². The molecule has 1 unspecified atom stereocenters. The summed E-state index contributed by atoms with van der Waals surface area (Å²) < 4.78 is 23.3. The highest BCUT2D eigenvalue weighted by molar-refractivity contribution is 7.91. The Hall–Kier alpha value is -1.40. The predicted octanol–water partition coefficient (Wildman–Crippen LogP) is 1.76. The molecule has 2 heterocycles. The second-order valence-electron chi connectivity index (χ2n) is 8.06. The van der Waals surface area contributed by atoms with Gasteiger partial charge in [0.2, 0.25) is 5.91 Å². The summed E-state index contributed by atoms with van der Waals surface area (Å²) in [6, 6.07) is 8.53. The molecule has 5 nitrogen and oxygen atoms in total. The lowest BCUT2D eigenvalue weighted by Crippen LogP contribution is -2.52. The molecule has 6 heteroatoms. The number of benzene rings is 1. The molecule has 26 heavy (non-hydrogen) atoms. The van der Waals surface area contributed by atoms with Crippen molar-refractivity contribution in [1.29, 1.82) is 0 Å². The summed E-state index contributed by atoms with van der Waals surface area (Å²) in [4.78, 5) is 16.7. The van der Waals surface area contributed by atoms with Crippen LogP contribution in [0.1, 0.15) is 31.4 Å². The van der Waals surface area contributed by atoms with E-state index in [0.717, 1.165) is 31.5 Å². The van der Waals surface area contributed by atoms with Crippen LogP contribution in [0.15, 0.2) is 24.3 Å². The van der Waals surface area contributed by atoms with E-state index in [2.05, 4.69) is 43.0 Å². The van der Waals surface area contributed by atoms with Crippen molar-refractivity contribution in [3.8, 4) is 0 Å². The van der Waals surface area contributed by atoms with Crippen molar-refractivity contribution < 1.29 is 13.2 Å². The van der Waals surface area contributed by atoms with E-state index in [1.54, 1.807) is 0 Å². The zero-order valence-corrected chi connectivity index (χ0v) is 16.7. The Morgan fingerprint density at radius 2 is 1.69 bits per heavy atom. The third-order valence-electron chi connectivity index (χ3n) is 5.41. The van der Waals surface area contributed by atoms with Crippen molar-refractivity contribution in [2.24, 2.45) is 5.92 Å². The van der Waals surface area contributed by atoms with E-state index in [4.69, 9.17) is 0 Å². The summed E-state index contributed by atoms with van der Waals surface area (Å²) in [5.74, 6) is 1.39.